The molecule has 1 saturated heterocycles. The topological polar surface area (TPSA) is 76.6 Å². The second kappa shape index (κ2) is 10.3. The number of thiazole rings is 1. The van der Waals surface area contributed by atoms with E-state index in [-0.39, 0.29) is 29.3 Å². The number of hydrogen-bond donors (Lipinski definition) is 2. The third kappa shape index (κ3) is 5.72. The Hall–Kier alpha value is -2.92. The normalized spacial score (nSPS) is 17.0. The van der Waals surface area contributed by atoms with Crippen LogP contribution in [0.4, 0.5) is 0 Å². The number of likely N-dealkylation sites (N-methyl/N-ethyl adjacent to an activating group) is 1. The smallest absolute Gasteiger partial charge is 0.305 e. The van der Waals surface area contributed by atoms with Crippen molar-refractivity contribution in [2.24, 2.45) is 0 Å². The number of amides is 1. The van der Waals surface area contributed by atoms with E-state index in [9.17, 15) is 14.7 Å². The van der Waals surface area contributed by atoms with Gasteiger partial charge in [0.15, 0.2) is 0 Å². The van der Waals surface area contributed by atoms with Crippen LogP contribution in [-0.2, 0) is 11.2 Å². The van der Waals surface area contributed by atoms with Gasteiger partial charge in [-0.05, 0) is 41.8 Å². The van der Waals surface area contributed by atoms with Crippen molar-refractivity contribution in [3.63, 3.8) is 0 Å². The Balaban J connectivity index is 1.57. The summed E-state index contributed by atoms with van der Waals surface area (Å²) >= 11 is 1.17. The molecule has 0 saturated carbocycles. The summed E-state index contributed by atoms with van der Waals surface area (Å²) in [5, 5.41) is 9.99. The van der Waals surface area contributed by atoms with Gasteiger partial charge in [-0.2, -0.15) is 0 Å². The Morgan fingerprint density at radius 3 is 2.94 bits per heavy atom. The fourth-order valence-corrected chi connectivity index (χ4v) is 4.99. The quantitative estimate of drug-likeness (QED) is 0.551. The third-order valence-electron chi connectivity index (χ3n) is 6.06. The molecule has 3 aromatic rings. The molecule has 2 aromatic carbocycles. The number of carbonyl (C=O) groups excluding carboxylic acids is 1. The van der Waals surface area contributed by atoms with Gasteiger partial charge < -0.3 is 15.0 Å². The largest absolute Gasteiger partial charge is 0.392 e. The number of likely N-dealkylation sites (tertiary alicyclic amines) is 1. The van der Waals surface area contributed by atoms with E-state index in [0.717, 1.165) is 46.3 Å². The first-order chi connectivity index (χ1) is 15.9. The van der Waals surface area contributed by atoms with Gasteiger partial charge >= 0.3 is 4.87 Å². The first-order valence-electron chi connectivity index (χ1n) is 11.3. The maximum atomic E-state index is 13.3. The molecule has 1 aromatic heterocycles. The Labute approximate surface area is 197 Å². The molecule has 2 N–H and O–H groups in total. The lowest BCUT2D eigenvalue weighted by atomic mass is 10.0. The highest BCUT2D eigenvalue weighted by Gasteiger charge is 2.28. The monoisotopic (exact) mass is 463 g/mol. The molecule has 0 radical (unpaired) electrons. The molecular formula is C26H29N3O3S. The van der Waals surface area contributed by atoms with Crippen molar-refractivity contribution in [3.8, 4) is 11.8 Å². The number of aliphatic hydroxyl groups is 1. The van der Waals surface area contributed by atoms with Gasteiger partial charge in [0.1, 0.15) is 0 Å². The summed E-state index contributed by atoms with van der Waals surface area (Å²) < 4.78 is 0.889. The molecule has 2 heterocycles. The van der Waals surface area contributed by atoms with Gasteiger partial charge in [-0.25, -0.2) is 0 Å². The zero-order valence-electron chi connectivity index (χ0n) is 19.0. The predicted octanol–water partition coefficient (Wildman–Crippen LogP) is 3.16. The molecule has 6 nitrogen and oxygen atoms in total. The molecule has 2 atom stereocenters. The van der Waals surface area contributed by atoms with E-state index in [1.807, 2.05) is 50.4 Å². The molecule has 7 heteroatoms. The van der Waals surface area contributed by atoms with E-state index < -0.39 is 0 Å². The van der Waals surface area contributed by atoms with Crippen LogP contribution in [0.3, 0.4) is 0 Å². The van der Waals surface area contributed by atoms with Gasteiger partial charge in [0, 0.05) is 38.7 Å². The Morgan fingerprint density at radius 2 is 2.18 bits per heavy atom. The van der Waals surface area contributed by atoms with Crippen LogP contribution in [0.25, 0.3) is 10.2 Å². The zero-order valence-corrected chi connectivity index (χ0v) is 19.8. The van der Waals surface area contributed by atoms with Crippen LogP contribution >= 0.6 is 11.3 Å². The zero-order chi connectivity index (χ0) is 23.4. The summed E-state index contributed by atoms with van der Waals surface area (Å²) in [5.41, 5.74) is 3.61. The lowest BCUT2D eigenvalue weighted by molar-refractivity contribution is -0.131. The summed E-state index contributed by atoms with van der Waals surface area (Å²) in [5.74, 6) is 6.30. The highest BCUT2D eigenvalue weighted by Crippen LogP contribution is 2.25. The van der Waals surface area contributed by atoms with Gasteiger partial charge in [-0.1, -0.05) is 48.3 Å². The van der Waals surface area contributed by atoms with Crippen molar-refractivity contribution in [1.82, 2.24) is 14.8 Å². The fraction of sp³-hybridized carbons (Fsp3) is 0.385. The summed E-state index contributed by atoms with van der Waals surface area (Å²) in [6.45, 7) is 4.11. The van der Waals surface area contributed by atoms with Gasteiger partial charge in [-0.15, -0.1) is 0 Å². The van der Waals surface area contributed by atoms with E-state index in [1.54, 1.807) is 4.90 Å². The molecule has 0 aliphatic carbocycles. The van der Waals surface area contributed by atoms with E-state index in [0.29, 0.717) is 13.1 Å². The number of carbonyl (C=O) groups is 1. The van der Waals surface area contributed by atoms with Crippen LogP contribution in [-0.4, -0.2) is 58.6 Å². The molecule has 172 valence electrons. The van der Waals surface area contributed by atoms with E-state index in [4.69, 9.17) is 0 Å². The third-order valence-corrected chi connectivity index (χ3v) is 6.92. The lowest BCUT2D eigenvalue weighted by Gasteiger charge is -2.32. The molecule has 1 aliphatic heterocycles. The van der Waals surface area contributed by atoms with Crippen molar-refractivity contribution >= 4 is 27.5 Å². The van der Waals surface area contributed by atoms with Crippen LogP contribution in [0.1, 0.15) is 42.5 Å². The van der Waals surface area contributed by atoms with Gasteiger partial charge in [0.25, 0.3) is 0 Å². The number of aliphatic hydroxyl groups excluding tert-OH is 1. The number of nitrogens with one attached hydrogen (secondary N) is 1. The standard InChI is InChI=1S/C26H29N3O3S/c1-3-4-6-18-7-5-8-20(13-18)23(17-29-12-11-21(30)16-29)28(2)25(31)15-19-9-10-24-22(14-19)27-26(32)33-24/h5,7-10,13-14,21,23,30H,3,11-12,15-17H2,1-2H3,(H,27,32)/t21?,23-/m1/s1. The number of β-amino-alcohol motifs (C(OH)–C–C–N with tert-alkyl or cyclic N) is 1. The van der Waals surface area contributed by atoms with Crippen LogP contribution in [0.2, 0.25) is 0 Å². The molecule has 1 unspecified atom stereocenters. The Morgan fingerprint density at radius 1 is 1.33 bits per heavy atom. The minimum atomic E-state index is -0.312. The number of aromatic nitrogens is 1. The molecule has 0 bridgehead atoms. The molecular weight excluding hydrogens is 434 g/mol. The second-order valence-electron chi connectivity index (χ2n) is 8.53. The molecule has 4 rings (SSSR count). The molecule has 1 amide bonds. The lowest BCUT2D eigenvalue weighted by Crippen LogP contribution is -2.39. The molecule has 33 heavy (non-hydrogen) atoms. The highest BCUT2D eigenvalue weighted by atomic mass is 32.1. The first-order valence-corrected chi connectivity index (χ1v) is 12.1. The van der Waals surface area contributed by atoms with Crippen molar-refractivity contribution in [2.75, 3.05) is 26.7 Å². The maximum absolute atomic E-state index is 13.3. The first kappa shape index (κ1) is 23.2. The minimum absolute atomic E-state index is 0.00159. The fourth-order valence-electron chi connectivity index (χ4n) is 4.27. The van der Waals surface area contributed by atoms with Gasteiger partial charge in [0.2, 0.25) is 5.91 Å². The number of nitrogens with zero attached hydrogens (tertiary/aromatic N) is 2. The van der Waals surface area contributed by atoms with E-state index in [1.165, 1.54) is 11.3 Å². The van der Waals surface area contributed by atoms with E-state index >= 15 is 0 Å². The number of hydrogen-bond acceptors (Lipinski definition) is 5. The predicted molar refractivity (Wildman–Crippen MR) is 132 cm³/mol. The number of H-pyrrole nitrogens is 1. The van der Waals surface area contributed by atoms with Crippen molar-refractivity contribution in [2.45, 2.75) is 38.3 Å². The number of fused-ring (bicyclic) bond motifs is 1. The van der Waals surface area contributed by atoms with Crippen LogP contribution < -0.4 is 4.87 Å². The number of aromatic amines is 1. The molecule has 1 fully saturated rings. The average Bonchev–Trinajstić information content (AvgIpc) is 3.39. The summed E-state index contributed by atoms with van der Waals surface area (Å²) in [6, 6.07) is 13.6. The second-order valence-corrected chi connectivity index (χ2v) is 9.54. The van der Waals surface area contributed by atoms with Crippen molar-refractivity contribution < 1.29 is 9.90 Å². The average molecular weight is 464 g/mol. The van der Waals surface area contributed by atoms with E-state index in [2.05, 4.69) is 27.8 Å². The summed E-state index contributed by atoms with van der Waals surface area (Å²) in [4.78, 5) is 31.7. The Kier molecular flexibility index (Phi) is 7.29. The summed E-state index contributed by atoms with van der Waals surface area (Å²) in [7, 11) is 1.84. The minimum Gasteiger partial charge on any atom is -0.392 e. The summed E-state index contributed by atoms with van der Waals surface area (Å²) in [6.07, 6.45) is 1.48. The number of benzene rings is 2. The number of rotatable bonds is 6. The van der Waals surface area contributed by atoms with Crippen LogP contribution in [0, 0.1) is 11.8 Å². The van der Waals surface area contributed by atoms with Crippen molar-refractivity contribution in [3.05, 3.63) is 68.8 Å². The SMILES string of the molecule is CCC#Cc1cccc([C@@H](CN2CCC(O)C2)N(C)C(=O)Cc2ccc3sc(=O)[nH]c3c2)c1. The highest BCUT2D eigenvalue weighted by molar-refractivity contribution is 7.16. The van der Waals surface area contributed by atoms with Crippen molar-refractivity contribution in [1.29, 1.82) is 0 Å². The molecule has 1 aliphatic rings. The van der Waals surface area contributed by atoms with Gasteiger partial charge in [-0.3, -0.25) is 14.5 Å². The van der Waals surface area contributed by atoms with Crippen LogP contribution in [0.5, 0.6) is 0 Å². The van der Waals surface area contributed by atoms with Gasteiger partial charge in [0.05, 0.1) is 28.8 Å². The maximum Gasteiger partial charge on any atom is 0.305 e. The Bertz CT molecular complexity index is 1250. The van der Waals surface area contributed by atoms with Crippen LogP contribution in [0.15, 0.2) is 47.3 Å². The molecule has 0 spiro atoms.